The highest BCUT2D eigenvalue weighted by molar-refractivity contribution is 14.0. The molecule has 142 valence electrons. The number of carbonyl (C=O) groups excluding carboxylic acids is 1. The summed E-state index contributed by atoms with van der Waals surface area (Å²) in [5.74, 6) is 1.51. The van der Waals surface area contributed by atoms with E-state index in [4.69, 9.17) is 0 Å². The standard InChI is InChI=1S/C18H29BrN4O.HI/c1-14(2)9-11-21-18(20-3)22-12-10-17(24)23(4)13-15-7-5-6-8-16(15)19;/h5-8,14H,9-13H2,1-4H3,(H2,20,21,22);1H. The van der Waals surface area contributed by atoms with E-state index in [1.165, 1.54) is 0 Å². The first kappa shape index (κ1) is 24.2. The first-order valence-corrected chi connectivity index (χ1v) is 9.15. The van der Waals surface area contributed by atoms with Crippen molar-refractivity contribution in [2.24, 2.45) is 10.9 Å². The molecule has 0 aliphatic carbocycles. The van der Waals surface area contributed by atoms with Crippen LogP contribution in [0.25, 0.3) is 0 Å². The fourth-order valence-corrected chi connectivity index (χ4v) is 2.56. The van der Waals surface area contributed by atoms with Crippen LogP contribution in [0.4, 0.5) is 0 Å². The summed E-state index contributed by atoms with van der Waals surface area (Å²) in [7, 11) is 3.57. The maximum absolute atomic E-state index is 12.2. The molecule has 1 amide bonds. The van der Waals surface area contributed by atoms with Crippen molar-refractivity contribution in [2.45, 2.75) is 33.2 Å². The summed E-state index contributed by atoms with van der Waals surface area (Å²) in [5, 5.41) is 6.45. The van der Waals surface area contributed by atoms with Gasteiger partial charge in [0.1, 0.15) is 0 Å². The van der Waals surface area contributed by atoms with Crippen LogP contribution in [0.15, 0.2) is 33.7 Å². The Morgan fingerprint density at radius 3 is 2.48 bits per heavy atom. The zero-order chi connectivity index (χ0) is 17.9. The predicted octanol–water partition coefficient (Wildman–Crippen LogP) is 3.63. The van der Waals surface area contributed by atoms with Crippen LogP contribution in [-0.4, -0.2) is 44.0 Å². The number of halogens is 2. The quantitative estimate of drug-likeness (QED) is 0.310. The first-order valence-electron chi connectivity index (χ1n) is 8.36. The Labute approximate surface area is 177 Å². The molecule has 2 N–H and O–H groups in total. The minimum Gasteiger partial charge on any atom is -0.356 e. The SMILES string of the molecule is CN=C(NCCC(=O)N(C)Cc1ccccc1Br)NCCC(C)C.I. The van der Waals surface area contributed by atoms with Crippen molar-refractivity contribution in [3.05, 3.63) is 34.3 Å². The molecular formula is C18H30BrIN4O. The lowest BCUT2D eigenvalue weighted by Gasteiger charge is -2.19. The molecule has 0 radical (unpaired) electrons. The van der Waals surface area contributed by atoms with Gasteiger partial charge in [0, 0.05) is 44.6 Å². The van der Waals surface area contributed by atoms with E-state index in [0.29, 0.717) is 25.4 Å². The minimum absolute atomic E-state index is 0. The molecule has 0 aliphatic rings. The van der Waals surface area contributed by atoms with Crippen LogP contribution < -0.4 is 10.6 Å². The second kappa shape index (κ2) is 13.4. The maximum atomic E-state index is 12.2. The van der Waals surface area contributed by atoms with Gasteiger partial charge in [-0.3, -0.25) is 9.79 Å². The molecule has 0 aromatic heterocycles. The monoisotopic (exact) mass is 524 g/mol. The highest BCUT2D eigenvalue weighted by Gasteiger charge is 2.10. The molecular weight excluding hydrogens is 495 g/mol. The summed E-state index contributed by atoms with van der Waals surface area (Å²) in [6.45, 7) is 6.43. The van der Waals surface area contributed by atoms with Crippen molar-refractivity contribution in [1.29, 1.82) is 0 Å². The normalized spacial score (nSPS) is 11.0. The number of guanidine groups is 1. The third kappa shape index (κ3) is 10.0. The number of rotatable bonds is 8. The number of hydrogen-bond acceptors (Lipinski definition) is 2. The molecule has 0 aliphatic heterocycles. The van der Waals surface area contributed by atoms with Crippen molar-refractivity contribution in [3.63, 3.8) is 0 Å². The second-order valence-corrected chi connectivity index (χ2v) is 7.05. The van der Waals surface area contributed by atoms with E-state index in [2.05, 4.69) is 45.4 Å². The van der Waals surface area contributed by atoms with Crippen LogP contribution in [0, 0.1) is 5.92 Å². The number of nitrogens with zero attached hydrogens (tertiary/aromatic N) is 2. The molecule has 0 saturated heterocycles. The molecule has 0 bridgehead atoms. The molecule has 0 unspecified atom stereocenters. The van der Waals surface area contributed by atoms with Gasteiger partial charge >= 0.3 is 0 Å². The molecule has 25 heavy (non-hydrogen) atoms. The Morgan fingerprint density at radius 1 is 1.24 bits per heavy atom. The van der Waals surface area contributed by atoms with E-state index in [-0.39, 0.29) is 29.9 Å². The summed E-state index contributed by atoms with van der Waals surface area (Å²) in [5.41, 5.74) is 1.10. The zero-order valence-electron chi connectivity index (χ0n) is 15.5. The predicted molar refractivity (Wildman–Crippen MR) is 119 cm³/mol. The van der Waals surface area contributed by atoms with Crippen LogP contribution in [0.1, 0.15) is 32.3 Å². The third-order valence-electron chi connectivity index (χ3n) is 3.66. The van der Waals surface area contributed by atoms with E-state index in [1.54, 1.807) is 11.9 Å². The Hall–Kier alpha value is -0.830. The van der Waals surface area contributed by atoms with Gasteiger partial charge in [-0.2, -0.15) is 0 Å². The third-order valence-corrected chi connectivity index (χ3v) is 4.43. The summed E-state index contributed by atoms with van der Waals surface area (Å²) >= 11 is 3.51. The number of carbonyl (C=O) groups is 1. The van der Waals surface area contributed by atoms with Crippen LogP contribution in [0.3, 0.4) is 0 Å². The highest BCUT2D eigenvalue weighted by atomic mass is 127. The number of benzene rings is 1. The fourth-order valence-electron chi connectivity index (χ4n) is 2.15. The smallest absolute Gasteiger partial charge is 0.224 e. The Kier molecular flexibility index (Phi) is 12.9. The second-order valence-electron chi connectivity index (χ2n) is 6.20. The van der Waals surface area contributed by atoms with E-state index < -0.39 is 0 Å². The summed E-state index contributed by atoms with van der Waals surface area (Å²) in [6.07, 6.45) is 1.53. The fraction of sp³-hybridized carbons (Fsp3) is 0.556. The Morgan fingerprint density at radius 2 is 1.88 bits per heavy atom. The highest BCUT2D eigenvalue weighted by Crippen LogP contribution is 2.17. The van der Waals surface area contributed by atoms with Gasteiger partial charge in [-0.1, -0.05) is 48.0 Å². The molecule has 1 rings (SSSR count). The number of hydrogen-bond donors (Lipinski definition) is 2. The van der Waals surface area contributed by atoms with Crippen molar-refractivity contribution in [1.82, 2.24) is 15.5 Å². The average Bonchev–Trinajstić information content (AvgIpc) is 2.55. The average molecular weight is 525 g/mol. The van der Waals surface area contributed by atoms with Gasteiger partial charge in [-0.15, -0.1) is 24.0 Å². The lowest BCUT2D eigenvalue weighted by Crippen LogP contribution is -2.40. The van der Waals surface area contributed by atoms with Crippen molar-refractivity contribution in [3.8, 4) is 0 Å². The van der Waals surface area contributed by atoms with E-state index in [1.807, 2.05) is 31.3 Å². The van der Waals surface area contributed by atoms with Gasteiger partial charge in [0.05, 0.1) is 0 Å². The molecule has 0 heterocycles. The summed E-state index contributed by atoms with van der Waals surface area (Å²) < 4.78 is 1.03. The first-order chi connectivity index (χ1) is 11.4. The maximum Gasteiger partial charge on any atom is 0.224 e. The van der Waals surface area contributed by atoms with E-state index >= 15 is 0 Å². The van der Waals surface area contributed by atoms with Gasteiger partial charge in [-0.25, -0.2) is 0 Å². The van der Waals surface area contributed by atoms with Crippen LogP contribution in [0.5, 0.6) is 0 Å². The number of nitrogens with one attached hydrogen (secondary N) is 2. The van der Waals surface area contributed by atoms with Gasteiger partial charge < -0.3 is 15.5 Å². The molecule has 1 aromatic rings. The lowest BCUT2D eigenvalue weighted by atomic mass is 10.1. The molecule has 1 aromatic carbocycles. The zero-order valence-corrected chi connectivity index (χ0v) is 19.4. The largest absolute Gasteiger partial charge is 0.356 e. The van der Waals surface area contributed by atoms with Crippen LogP contribution in [0.2, 0.25) is 0 Å². The van der Waals surface area contributed by atoms with Crippen LogP contribution >= 0.6 is 39.9 Å². The number of amides is 1. The molecule has 0 atom stereocenters. The minimum atomic E-state index is 0. The van der Waals surface area contributed by atoms with Crippen molar-refractivity contribution in [2.75, 3.05) is 27.2 Å². The molecule has 0 spiro atoms. The van der Waals surface area contributed by atoms with Crippen molar-refractivity contribution < 1.29 is 4.79 Å². The lowest BCUT2D eigenvalue weighted by molar-refractivity contribution is -0.130. The summed E-state index contributed by atoms with van der Waals surface area (Å²) in [4.78, 5) is 18.2. The number of aliphatic imine (C=N–C) groups is 1. The molecule has 0 fully saturated rings. The van der Waals surface area contributed by atoms with Crippen molar-refractivity contribution >= 4 is 51.8 Å². The molecule has 0 saturated carbocycles. The Balaban J connectivity index is 0.00000576. The van der Waals surface area contributed by atoms with Crippen LogP contribution in [-0.2, 0) is 11.3 Å². The Bertz CT molecular complexity index is 552. The van der Waals surface area contributed by atoms with Gasteiger partial charge in [0.25, 0.3) is 0 Å². The van der Waals surface area contributed by atoms with E-state index in [9.17, 15) is 4.79 Å². The van der Waals surface area contributed by atoms with Gasteiger partial charge in [-0.05, 0) is 24.0 Å². The molecule has 7 heteroatoms. The topological polar surface area (TPSA) is 56.7 Å². The van der Waals surface area contributed by atoms with Gasteiger partial charge in [0.2, 0.25) is 5.91 Å². The molecule has 5 nitrogen and oxygen atoms in total. The van der Waals surface area contributed by atoms with Gasteiger partial charge in [0.15, 0.2) is 5.96 Å². The summed E-state index contributed by atoms with van der Waals surface area (Å²) in [6, 6.07) is 7.96. The van der Waals surface area contributed by atoms with E-state index in [0.717, 1.165) is 29.0 Å².